The summed E-state index contributed by atoms with van der Waals surface area (Å²) in [5, 5.41) is 9.99. The van der Waals surface area contributed by atoms with Crippen molar-refractivity contribution in [2.45, 2.75) is 103 Å². The maximum Gasteiger partial charge on any atom is 0.253 e. The minimum absolute atomic E-state index is 0.0246. The molecule has 0 radical (unpaired) electrons. The number of ether oxygens (including phenoxy) is 1. The molecule has 222 valence electrons. The van der Waals surface area contributed by atoms with Crippen molar-refractivity contribution in [1.29, 1.82) is 0 Å². The van der Waals surface area contributed by atoms with E-state index in [-0.39, 0.29) is 17.5 Å². The first kappa shape index (κ1) is 31.8. The predicted molar refractivity (Wildman–Crippen MR) is 166 cm³/mol. The molecule has 0 spiro atoms. The Labute approximate surface area is 240 Å². The fourth-order valence-corrected chi connectivity index (χ4v) is 6.16. The molecule has 2 aliphatic heterocycles. The number of fused-ring (bicyclic) bond motifs is 1. The van der Waals surface area contributed by atoms with E-state index in [2.05, 4.69) is 47.3 Å². The van der Waals surface area contributed by atoms with E-state index in [1.165, 1.54) is 38.5 Å². The van der Waals surface area contributed by atoms with Gasteiger partial charge in [0.25, 0.3) is 5.56 Å². The van der Waals surface area contributed by atoms with Crippen molar-refractivity contribution in [3.8, 4) is 0 Å². The first-order valence-electron chi connectivity index (χ1n) is 15.3. The Hall–Kier alpha value is -2.71. The molecule has 40 heavy (non-hydrogen) atoms. The lowest BCUT2D eigenvalue weighted by atomic mass is 9.98. The molecule has 2 N–H and O–H groups in total. The number of hydrogen-bond acceptors (Lipinski definition) is 6. The van der Waals surface area contributed by atoms with Gasteiger partial charge in [-0.05, 0) is 65.0 Å². The van der Waals surface area contributed by atoms with Crippen LogP contribution in [-0.2, 0) is 22.4 Å². The topological polar surface area (TPSA) is 90.0 Å². The fraction of sp³-hybridized carbons (Fsp3) is 0.656. The summed E-state index contributed by atoms with van der Waals surface area (Å²) in [7, 11) is 2.18. The standard InChI is InChI=1S/C30H47N5O3.C2H4/c1-4-25-27(20-22(2)21-28(36)31-16-17-34(3)23-10-7-5-6-8-11-23)33-30(37)26-12-9-15-32-35(29(25)26)24-13-18-38-19-14-24;1-2/h15,20,23-24H,4-14,16-19,21H2,1-3H3,(H,31,36)(H,33,37);1-2H2/b22-20-;. The molecule has 0 aromatic carbocycles. The number of H-pyrrole nitrogens is 1. The van der Waals surface area contributed by atoms with Gasteiger partial charge in [-0.1, -0.05) is 38.2 Å². The third-order valence-electron chi connectivity index (χ3n) is 8.33. The van der Waals surface area contributed by atoms with Crippen LogP contribution >= 0.6 is 0 Å². The second-order valence-electron chi connectivity index (χ2n) is 11.2. The van der Waals surface area contributed by atoms with Crippen LogP contribution in [0.3, 0.4) is 0 Å². The molecule has 2 fully saturated rings. The van der Waals surface area contributed by atoms with E-state index in [1.54, 1.807) is 0 Å². The lowest BCUT2D eigenvalue weighted by molar-refractivity contribution is -0.120. The molecule has 0 bridgehead atoms. The van der Waals surface area contributed by atoms with Gasteiger partial charge < -0.3 is 19.9 Å². The number of nitrogens with zero attached hydrogens (tertiary/aromatic N) is 3. The zero-order valence-corrected chi connectivity index (χ0v) is 25.1. The van der Waals surface area contributed by atoms with Crippen molar-refractivity contribution in [3.63, 3.8) is 0 Å². The van der Waals surface area contributed by atoms with E-state index < -0.39 is 0 Å². The predicted octanol–water partition coefficient (Wildman–Crippen LogP) is 5.22. The van der Waals surface area contributed by atoms with Gasteiger partial charge in [0.1, 0.15) is 0 Å². The fourth-order valence-electron chi connectivity index (χ4n) is 6.16. The average molecular weight is 554 g/mol. The van der Waals surface area contributed by atoms with Gasteiger partial charge in [0.15, 0.2) is 0 Å². The number of amides is 1. The Kier molecular flexibility index (Phi) is 13.1. The molecule has 1 amide bonds. The second kappa shape index (κ2) is 16.5. The van der Waals surface area contributed by atoms with Crippen LogP contribution in [0.4, 0.5) is 5.69 Å². The Bertz CT molecular complexity index is 1070. The summed E-state index contributed by atoms with van der Waals surface area (Å²) in [6.45, 7) is 13.1. The number of carbonyl (C=O) groups is 1. The number of likely N-dealkylation sites (N-methyl/N-ethyl adjacent to an activating group) is 1. The number of aromatic nitrogens is 1. The summed E-state index contributed by atoms with van der Waals surface area (Å²) in [6, 6.07) is 0.863. The Morgan fingerprint density at radius 2 is 1.90 bits per heavy atom. The summed E-state index contributed by atoms with van der Waals surface area (Å²) < 4.78 is 5.58. The van der Waals surface area contributed by atoms with E-state index in [9.17, 15) is 9.59 Å². The van der Waals surface area contributed by atoms with Crippen molar-refractivity contribution in [1.82, 2.24) is 15.2 Å². The van der Waals surface area contributed by atoms with Crippen LogP contribution in [0.15, 0.2) is 28.6 Å². The average Bonchev–Trinajstić information content (AvgIpc) is 3.37. The zero-order valence-electron chi connectivity index (χ0n) is 25.1. The maximum absolute atomic E-state index is 13.2. The molecular weight excluding hydrogens is 502 g/mol. The third-order valence-corrected chi connectivity index (χ3v) is 8.33. The summed E-state index contributed by atoms with van der Waals surface area (Å²) in [5.41, 5.74) is 4.54. The van der Waals surface area contributed by atoms with Crippen LogP contribution < -0.4 is 15.9 Å². The van der Waals surface area contributed by atoms with E-state index in [1.807, 2.05) is 19.2 Å². The normalized spacial score (nSPS) is 18.9. The van der Waals surface area contributed by atoms with Crippen molar-refractivity contribution >= 4 is 23.9 Å². The van der Waals surface area contributed by atoms with E-state index >= 15 is 0 Å². The highest BCUT2D eigenvalue weighted by Crippen LogP contribution is 2.33. The monoisotopic (exact) mass is 553 g/mol. The van der Waals surface area contributed by atoms with Gasteiger partial charge in [-0.15, -0.1) is 13.2 Å². The van der Waals surface area contributed by atoms with Gasteiger partial charge in [0, 0.05) is 61.8 Å². The summed E-state index contributed by atoms with van der Waals surface area (Å²) in [4.78, 5) is 31.5. The molecule has 1 aromatic rings. The molecule has 8 heteroatoms. The van der Waals surface area contributed by atoms with Crippen molar-refractivity contribution in [2.24, 2.45) is 5.10 Å². The SMILES string of the molecule is C=C.CCc1c(/C=C(/C)CC(=O)NCCN(C)C2CCCCCC2)[nH]c(=O)c2c1N(C1CCOCC1)N=CCC2. The molecule has 3 heterocycles. The largest absolute Gasteiger partial charge is 0.381 e. The van der Waals surface area contributed by atoms with Crippen LogP contribution in [0.1, 0.15) is 94.9 Å². The molecule has 3 aliphatic rings. The van der Waals surface area contributed by atoms with Gasteiger partial charge >= 0.3 is 0 Å². The Morgan fingerprint density at radius 1 is 1.20 bits per heavy atom. The molecular formula is C32H51N5O3. The van der Waals surface area contributed by atoms with E-state index in [0.29, 0.717) is 38.6 Å². The van der Waals surface area contributed by atoms with Gasteiger partial charge in [0.2, 0.25) is 5.91 Å². The van der Waals surface area contributed by atoms with Crippen LogP contribution in [-0.4, -0.2) is 67.4 Å². The number of hydrogen-bond donors (Lipinski definition) is 2. The Balaban J connectivity index is 0.00000216. The first-order valence-corrected chi connectivity index (χ1v) is 15.3. The summed E-state index contributed by atoms with van der Waals surface area (Å²) >= 11 is 0. The quantitative estimate of drug-likeness (QED) is 0.323. The summed E-state index contributed by atoms with van der Waals surface area (Å²) in [6.07, 6.45) is 16.1. The van der Waals surface area contributed by atoms with E-state index in [4.69, 9.17) is 9.84 Å². The number of nitrogens with one attached hydrogen (secondary N) is 2. The molecule has 1 aromatic heterocycles. The smallest absolute Gasteiger partial charge is 0.253 e. The zero-order chi connectivity index (χ0) is 28.9. The minimum Gasteiger partial charge on any atom is -0.381 e. The second-order valence-corrected chi connectivity index (χ2v) is 11.2. The van der Waals surface area contributed by atoms with Crippen LogP contribution in [0.5, 0.6) is 0 Å². The number of hydrazone groups is 1. The van der Waals surface area contributed by atoms with Crippen molar-refractivity contribution in [2.75, 3.05) is 38.4 Å². The first-order chi connectivity index (χ1) is 19.5. The number of carbonyl (C=O) groups excluding carboxylic acids is 1. The number of aromatic amines is 1. The third kappa shape index (κ3) is 8.64. The van der Waals surface area contributed by atoms with Crippen LogP contribution in [0, 0.1) is 0 Å². The maximum atomic E-state index is 13.2. The molecule has 8 nitrogen and oxygen atoms in total. The molecule has 0 unspecified atom stereocenters. The molecule has 4 rings (SSSR count). The molecule has 0 atom stereocenters. The highest BCUT2D eigenvalue weighted by Gasteiger charge is 2.29. The van der Waals surface area contributed by atoms with E-state index in [0.717, 1.165) is 60.3 Å². The Morgan fingerprint density at radius 3 is 2.58 bits per heavy atom. The summed E-state index contributed by atoms with van der Waals surface area (Å²) in [5.74, 6) is 0.0246. The molecule has 1 aliphatic carbocycles. The molecule has 1 saturated heterocycles. The van der Waals surface area contributed by atoms with Crippen molar-refractivity contribution < 1.29 is 9.53 Å². The number of pyridine rings is 1. The van der Waals surface area contributed by atoms with Gasteiger partial charge in [-0.3, -0.25) is 14.6 Å². The van der Waals surface area contributed by atoms with Gasteiger partial charge in [0.05, 0.1) is 11.7 Å². The molecule has 1 saturated carbocycles. The number of anilines is 1. The lowest BCUT2D eigenvalue weighted by Gasteiger charge is -2.34. The van der Waals surface area contributed by atoms with Crippen molar-refractivity contribution in [3.05, 3.63) is 45.9 Å². The highest BCUT2D eigenvalue weighted by atomic mass is 16.5. The lowest BCUT2D eigenvalue weighted by Crippen LogP contribution is -2.38. The van der Waals surface area contributed by atoms with Crippen LogP contribution in [0.2, 0.25) is 0 Å². The highest BCUT2D eigenvalue weighted by molar-refractivity contribution is 5.80. The van der Waals surface area contributed by atoms with Crippen LogP contribution in [0.25, 0.3) is 6.08 Å². The van der Waals surface area contributed by atoms with Gasteiger partial charge in [-0.25, -0.2) is 0 Å². The van der Waals surface area contributed by atoms with Gasteiger partial charge in [-0.2, -0.15) is 5.10 Å². The minimum atomic E-state index is -0.0511. The number of rotatable bonds is 9.